The molecule has 28 heavy (non-hydrogen) atoms. The molecule has 0 spiro atoms. The Morgan fingerprint density at radius 2 is 2.00 bits per heavy atom. The van der Waals surface area contributed by atoms with Gasteiger partial charge in [-0.05, 0) is 55.0 Å². The van der Waals surface area contributed by atoms with Crippen molar-refractivity contribution in [1.82, 2.24) is 5.32 Å². The average Bonchev–Trinajstić information content (AvgIpc) is 3.32. The quantitative estimate of drug-likeness (QED) is 0.497. The van der Waals surface area contributed by atoms with E-state index >= 15 is 0 Å². The smallest absolute Gasteiger partial charge is 0.256 e. The van der Waals surface area contributed by atoms with Crippen LogP contribution >= 0.6 is 27.3 Å². The molecule has 1 aliphatic heterocycles. The lowest BCUT2D eigenvalue weighted by molar-refractivity contribution is 0.0930. The summed E-state index contributed by atoms with van der Waals surface area (Å²) in [7, 11) is 0. The number of amides is 1. The van der Waals surface area contributed by atoms with E-state index in [4.69, 9.17) is 4.42 Å². The van der Waals surface area contributed by atoms with Gasteiger partial charge in [-0.15, -0.1) is 11.3 Å². The number of nitrogens with one attached hydrogen (secondary N) is 2. The largest absolute Gasteiger partial charge is 0.457 e. The lowest BCUT2D eigenvalue weighted by Gasteiger charge is -2.25. The summed E-state index contributed by atoms with van der Waals surface area (Å²) < 4.78 is 7.09. The molecule has 0 saturated carbocycles. The number of carbonyl (C=O) groups is 1. The number of rotatable bonds is 3. The van der Waals surface area contributed by atoms with Gasteiger partial charge in [-0.2, -0.15) is 0 Å². The predicted molar refractivity (Wildman–Crippen MR) is 116 cm³/mol. The molecule has 2 N–H and O–H groups in total. The molecule has 0 radical (unpaired) electrons. The molecule has 1 amide bonds. The second kappa shape index (κ2) is 7.08. The first-order chi connectivity index (χ1) is 13.6. The van der Waals surface area contributed by atoms with Crippen molar-refractivity contribution in [3.63, 3.8) is 0 Å². The molecule has 1 aliphatic carbocycles. The molecule has 0 fully saturated rings. The van der Waals surface area contributed by atoms with Crippen molar-refractivity contribution in [2.24, 2.45) is 5.92 Å². The molecule has 0 unspecified atom stereocenters. The highest BCUT2D eigenvalue weighted by Crippen LogP contribution is 2.43. The van der Waals surface area contributed by atoms with Crippen LogP contribution in [-0.2, 0) is 12.8 Å². The third kappa shape index (κ3) is 3.08. The van der Waals surface area contributed by atoms with Crippen LogP contribution in [0.2, 0.25) is 0 Å². The van der Waals surface area contributed by atoms with E-state index in [2.05, 4.69) is 33.5 Å². The number of carbonyl (C=O) groups excluding carboxylic acids is 1. The average molecular weight is 457 g/mol. The Bertz CT molecular complexity index is 1040. The van der Waals surface area contributed by atoms with Crippen LogP contribution in [0.1, 0.15) is 52.5 Å². The summed E-state index contributed by atoms with van der Waals surface area (Å²) in [6, 6.07) is 11.9. The highest BCUT2D eigenvalue weighted by molar-refractivity contribution is 9.10. The molecule has 5 rings (SSSR count). The summed E-state index contributed by atoms with van der Waals surface area (Å²) in [4.78, 5) is 14.3. The van der Waals surface area contributed by atoms with Crippen LogP contribution < -0.4 is 10.6 Å². The first kappa shape index (κ1) is 18.0. The summed E-state index contributed by atoms with van der Waals surface area (Å²) in [5, 5.41) is 7.56. The summed E-state index contributed by atoms with van der Waals surface area (Å²) >= 11 is 5.20. The Morgan fingerprint density at radius 3 is 2.79 bits per heavy atom. The van der Waals surface area contributed by atoms with Gasteiger partial charge >= 0.3 is 0 Å². The van der Waals surface area contributed by atoms with E-state index in [9.17, 15) is 4.79 Å². The summed E-state index contributed by atoms with van der Waals surface area (Å²) in [5.74, 6) is 2.26. The van der Waals surface area contributed by atoms with Gasteiger partial charge in [0.25, 0.3) is 5.91 Å². The zero-order valence-electron chi connectivity index (χ0n) is 15.5. The minimum absolute atomic E-state index is 0.00721. The van der Waals surface area contributed by atoms with E-state index in [-0.39, 0.29) is 12.1 Å². The third-order valence-corrected chi connectivity index (χ3v) is 7.48. The molecule has 3 heterocycles. The molecule has 0 saturated heterocycles. The van der Waals surface area contributed by atoms with Crippen molar-refractivity contribution in [2.75, 3.05) is 5.32 Å². The highest BCUT2D eigenvalue weighted by Gasteiger charge is 2.34. The van der Waals surface area contributed by atoms with Crippen molar-refractivity contribution in [3.05, 3.63) is 62.6 Å². The number of hydrogen-bond acceptors (Lipinski definition) is 4. The number of thiophene rings is 1. The number of anilines is 1. The van der Waals surface area contributed by atoms with E-state index in [1.807, 2.05) is 36.4 Å². The molecule has 144 valence electrons. The predicted octanol–water partition coefficient (Wildman–Crippen LogP) is 6.14. The topological polar surface area (TPSA) is 54.3 Å². The number of furan rings is 1. The van der Waals surface area contributed by atoms with Gasteiger partial charge in [-0.25, -0.2) is 0 Å². The van der Waals surface area contributed by atoms with Crippen LogP contribution in [0.25, 0.3) is 11.3 Å². The molecule has 4 nitrogen and oxygen atoms in total. The maximum Gasteiger partial charge on any atom is 0.256 e. The minimum atomic E-state index is -0.341. The normalized spacial score (nSPS) is 20.9. The summed E-state index contributed by atoms with van der Waals surface area (Å²) in [6.07, 6.45) is 4.14. The van der Waals surface area contributed by atoms with Crippen LogP contribution in [-0.4, -0.2) is 5.91 Å². The Balaban J connectivity index is 1.42. The first-order valence-corrected chi connectivity index (χ1v) is 11.3. The lowest BCUT2D eigenvalue weighted by atomic mass is 9.85. The Labute approximate surface area is 176 Å². The summed E-state index contributed by atoms with van der Waals surface area (Å²) in [5.41, 5.74) is 3.11. The van der Waals surface area contributed by atoms with E-state index in [0.717, 1.165) is 50.9 Å². The van der Waals surface area contributed by atoms with Crippen molar-refractivity contribution in [1.29, 1.82) is 0 Å². The Morgan fingerprint density at radius 1 is 1.18 bits per heavy atom. The molecule has 3 aromatic rings. The number of halogens is 1. The van der Waals surface area contributed by atoms with Crippen molar-refractivity contribution in [2.45, 2.75) is 38.8 Å². The number of fused-ring (bicyclic) bond motifs is 3. The van der Waals surface area contributed by atoms with Crippen molar-refractivity contribution < 1.29 is 9.21 Å². The fraction of sp³-hybridized carbons (Fsp3) is 0.318. The molecule has 2 aliphatic rings. The SMILES string of the molecule is CC[C@@H]1CCc2c(sc3c2C(=O)N[C@@H](c2ccc(-c4ccc(Br)cc4)o2)N3)C1. The van der Waals surface area contributed by atoms with Gasteiger partial charge in [-0.3, -0.25) is 4.79 Å². The molecule has 2 aromatic heterocycles. The summed E-state index contributed by atoms with van der Waals surface area (Å²) in [6.45, 7) is 2.25. The van der Waals surface area contributed by atoms with Crippen LogP contribution in [0.5, 0.6) is 0 Å². The maximum atomic E-state index is 12.9. The zero-order valence-corrected chi connectivity index (χ0v) is 18.0. The lowest BCUT2D eigenvalue weighted by Crippen LogP contribution is -2.38. The van der Waals surface area contributed by atoms with Gasteiger partial charge in [0, 0.05) is 14.9 Å². The van der Waals surface area contributed by atoms with E-state index in [0.29, 0.717) is 0 Å². The molecular weight excluding hydrogens is 436 g/mol. The second-order valence-corrected chi connectivity index (χ2v) is 9.51. The first-order valence-electron chi connectivity index (χ1n) is 9.70. The Kier molecular flexibility index (Phi) is 4.56. The fourth-order valence-corrected chi connectivity index (χ4v) is 5.79. The van der Waals surface area contributed by atoms with E-state index < -0.39 is 0 Å². The fourth-order valence-electron chi connectivity index (χ4n) is 4.13. The van der Waals surface area contributed by atoms with Crippen LogP contribution in [0, 0.1) is 5.92 Å². The van der Waals surface area contributed by atoms with Gasteiger partial charge in [0.05, 0.1) is 5.56 Å². The van der Waals surface area contributed by atoms with Crippen LogP contribution in [0.15, 0.2) is 45.3 Å². The Hall–Kier alpha value is -2.05. The van der Waals surface area contributed by atoms with Crippen molar-refractivity contribution in [3.8, 4) is 11.3 Å². The van der Waals surface area contributed by atoms with Gasteiger partial charge in [0.1, 0.15) is 16.5 Å². The maximum absolute atomic E-state index is 12.9. The highest BCUT2D eigenvalue weighted by atomic mass is 79.9. The van der Waals surface area contributed by atoms with Gasteiger partial charge in [0.15, 0.2) is 6.17 Å². The standard InChI is InChI=1S/C22H21BrN2O2S/c1-2-12-3-8-15-18(11-12)28-22-19(15)21(26)24-20(25-22)17-10-9-16(27-17)13-4-6-14(23)7-5-13/h4-7,9-10,12,20,25H,2-3,8,11H2,1H3,(H,24,26)/t12-,20-/m1/s1. The zero-order chi connectivity index (χ0) is 19.3. The van der Waals surface area contributed by atoms with E-state index in [1.165, 1.54) is 23.3 Å². The van der Waals surface area contributed by atoms with Crippen LogP contribution in [0.4, 0.5) is 5.00 Å². The van der Waals surface area contributed by atoms with Crippen molar-refractivity contribution >= 4 is 38.2 Å². The van der Waals surface area contributed by atoms with E-state index in [1.54, 1.807) is 11.3 Å². The third-order valence-electron chi connectivity index (χ3n) is 5.76. The molecular formula is C22H21BrN2O2S. The minimum Gasteiger partial charge on any atom is -0.457 e. The molecule has 2 atom stereocenters. The second-order valence-electron chi connectivity index (χ2n) is 7.48. The number of benzene rings is 1. The molecule has 1 aromatic carbocycles. The van der Waals surface area contributed by atoms with Gasteiger partial charge < -0.3 is 15.1 Å². The monoisotopic (exact) mass is 456 g/mol. The van der Waals surface area contributed by atoms with Gasteiger partial charge in [0.2, 0.25) is 0 Å². The van der Waals surface area contributed by atoms with Crippen LogP contribution in [0.3, 0.4) is 0 Å². The number of hydrogen-bond donors (Lipinski definition) is 2. The van der Waals surface area contributed by atoms with Gasteiger partial charge in [-0.1, -0.05) is 41.4 Å². The molecule has 0 bridgehead atoms. The molecule has 6 heteroatoms.